The van der Waals surface area contributed by atoms with Crippen LogP contribution in [-0.4, -0.2) is 0 Å². The second kappa shape index (κ2) is 5.14. The molecule has 0 radical (unpaired) electrons. The Morgan fingerprint density at radius 3 is 1.92 bits per heavy atom. The van der Waals surface area contributed by atoms with Crippen molar-refractivity contribution in [3.8, 4) is 0 Å². The van der Waals surface area contributed by atoms with Gasteiger partial charge in [0.15, 0.2) is 0 Å². The summed E-state index contributed by atoms with van der Waals surface area (Å²) in [6.45, 7) is 0. The number of benzene rings is 1. The van der Waals surface area contributed by atoms with Crippen LogP contribution in [0.4, 0.5) is 0 Å². The zero-order valence-electron chi connectivity index (χ0n) is 8.21. The van der Waals surface area contributed by atoms with Gasteiger partial charge in [0.2, 0.25) is 0 Å². The van der Waals surface area contributed by atoms with Gasteiger partial charge in [0, 0.05) is 0 Å². The third-order valence-corrected chi connectivity index (χ3v) is 6.24. The third kappa shape index (κ3) is 5.06. The minimum absolute atomic E-state index is 0. The molecule has 2 heteroatoms. The first-order valence-corrected chi connectivity index (χ1v) is 15.9. The molecule has 0 nitrogen and oxygen atoms in total. The van der Waals surface area contributed by atoms with Crippen LogP contribution in [0.15, 0.2) is 30.3 Å². The van der Waals surface area contributed by atoms with E-state index in [1.807, 2.05) is 0 Å². The topological polar surface area (TPSA) is 0 Å². The molecule has 0 aliphatic heterocycles. The SMILES string of the molecule is Br.[CH3][Zn]([CH3])([CH3])[CH2]c1ccccc1. The van der Waals surface area contributed by atoms with Gasteiger partial charge in [0.25, 0.3) is 0 Å². The minimum atomic E-state index is -1.65. The number of hydrogen-bond acceptors (Lipinski definition) is 0. The van der Waals surface area contributed by atoms with E-state index in [-0.39, 0.29) is 17.0 Å². The molecule has 66 valence electrons. The molecule has 0 aliphatic rings. The van der Waals surface area contributed by atoms with E-state index in [4.69, 9.17) is 0 Å². The van der Waals surface area contributed by atoms with E-state index in [1.165, 1.54) is 10.6 Å². The predicted octanol–water partition coefficient (Wildman–Crippen LogP) is 4.06. The van der Waals surface area contributed by atoms with E-state index in [1.54, 1.807) is 0 Å². The summed E-state index contributed by atoms with van der Waals surface area (Å²) in [6, 6.07) is 10.8. The van der Waals surface area contributed by atoms with Gasteiger partial charge in [0.05, 0.1) is 0 Å². The van der Waals surface area contributed by atoms with Crippen molar-refractivity contribution in [3.05, 3.63) is 35.9 Å². The molecular weight excluding hydrogens is 265 g/mol. The Morgan fingerprint density at radius 1 is 1.00 bits per heavy atom. The van der Waals surface area contributed by atoms with Gasteiger partial charge in [-0.1, -0.05) is 0 Å². The number of halogens is 1. The van der Waals surface area contributed by atoms with Crippen LogP contribution in [0.5, 0.6) is 0 Å². The molecule has 1 aromatic carbocycles. The van der Waals surface area contributed by atoms with Gasteiger partial charge >= 0.3 is 72.2 Å². The van der Waals surface area contributed by atoms with Gasteiger partial charge in [-0.2, -0.15) is 0 Å². The normalized spacial score (nSPS) is 9.25. The zero-order valence-corrected chi connectivity index (χ0v) is 12.9. The van der Waals surface area contributed by atoms with E-state index < -0.39 is 14.8 Å². The molecular formula is C10H17BrZn. The first kappa shape index (κ1) is 12.3. The molecule has 1 aromatic rings. The molecule has 1 rings (SSSR count). The van der Waals surface area contributed by atoms with Crippen LogP contribution >= 0.6 is 17.0 Å². The second-order valence-corrected chi connectivity index (χ2v) is 21.6. The molecule has 0 bridgehead atoms. The van der Waals surface area contributed by atoms with Gasteiger partial charge in [-0.3, -0.25) is 0 Å². The standard InChI is InChI=1S/C7H7.3CH3.BrH.Zn/c1-7-5-3-2-4-6-7;;;;;/h2-6H,1H2;3*1H3;1H;. The van der Waals surface area contributed by atoms with Gasteiger partial charge in [-0.15, -0.1) is 17.0 Å². The third-order valence-electron chi connectivity index (χ3n) is 1.88. The molecule has 0 atom stereocenters. The summed E-state index contributed by atoms with van der Waals surface area (Å²) in [5.74, 6) is 0. The summed E-state index contributed by atoms with van der Waals surface area (Å²) in [5, 5.41) is 1.38. The molecule has 0 N–H and O–H groups in total. The Bertz CT molecular complexity index is 213. The van der Waals surface area contributed by atoms with E-state index in [9.17, 15) is 0 Å². The van der Waals surface area contributed by atoms with Crippen molar-refractivity contribution in [2.45, 2.75) is 21.6 Å². The zero-order chi connectivity index (χ0) is 8.32. The average Bonchev–Trinajstić information content (AvgIpc) is 1.85. The summed E-state index contributed by atoms with van der Waals surface area (Å²) < 4.78 is 0. The van der Waals surface area contributed by atoms with E-state index in [0.29, 0.717) is 0 Å². The number of hydrogen-bond donors (Lipinski definition) is 0. The van der Waals surface area contributed by atoms with Crippen LogP contribution < -0.4 is 0 Å². The maximum absolute atomic E-state index is 2.48. The molecule has 0 spiro atoms. The summed E-state index contributed by atoms with van der Waals surface area (Å²) in [4.78, 5) is 0. The van der Waals surface area contributed by atoms with Crippen molar-refractivity contribution in [2.24, 2.45) is 0 Å². The molecule has 0 aromatic heterocycles. The second-order valence-electron chi connectivity index (χ2n) is 5.36. The Morgan fingerprint density at radius 2 is 1.50 bits per heavy atom. The fraction of sp³-hybridized carbons (Fsp3) is 0.400. The maximum atomic E-state index is 2.48. The van der Waals surface area contributed by atoms with Crippen molar-refractivity contribution in [1.29, 1.82) is 0 Å². The Balaban J connectivity index is 0.00000121. The Labute approximate surface area is 89.0 Å². The van der Waals surface area contributed by atoms with Gasteiger partial charge in [-0.05, 0) is 0 Å². The molecule has 0 amide bonds. The Hall–Kier alpha value is 0.323. The van der Waals surface area contributed by atoms with Crippen molar-refractivity contribution in [2.75, 3.05) is 0 Å². The molecule has 0 aliphatic carbocycles. The van der Waals surface area contributed by atoms with Crippen molar-refractivity contribution in [1.82, 2.24) is 0 Å². The van der Waals surface area contributed by atoms with Crippen LogP contribution in [0.2, 0.25) is 16.6 Å². The molecule has 0 saturated carbocycles. The first-order chi connectivity index (χ1) is 5.08. The molecule has 0 saturated heterocycles. The van der Waals surface area contributed by atoms with Gasteiger partial charge < -0.3 is 0 Å². The quantitative estimate of drug-likeness (QED) is 0.718. The summed E-state index contributed by atoms with van der Waals surface area (Å²) in [7, 11) is 0. The van der Waals surface area contributed by atoms with E-state index in [2.05, 4.69) is 46.9 Å². The van der Waals surface area contributed by atoms with Crippen LogP contribution in [0, 0.1) is 0 Å². The fourth-order valence-corrected chi connectivity index (χ4v) is 5.84. The average molecular weight is 283 g/mol. The fourth-order valence-electron chi connectivity index (χ4n) is 1.51. The molecule has 0 fully saturated rings. The van der Waals surface area contributed by atoms with Gasteiger partial charge in [0.1, 0.15) is 0 Å². The van der Waals surface area contributed by atoms with E-state index >= 15 is 0 Å². The predicted molar refractivity (Wildman–Crippen MR) is 58.1 cm³/mol. The number of rotatable bonds is 2. The first-order valence-electron chi connectivity index (χ1n) is 4.89. The van der Waals surface area contributed by atoms with Crippen LogP contribution in [0.1, 0.15) is 5.56 Å². The Kier molecular flexibility index (Phi) is 5.28. The summed E-state index contributed by atoms with van der Waals surface area (Å²) in [6.07, 6.45) is 0. The van der Waals surface area contributed by atoms with Crippen LogP contribution in [0.3, 0.4) is 0 Å². The molecule has 12 heavy (non-hydrogen) atoms. The molecule has 0 unspecified atom stereocenters. The van der Waals surface area contributed by atoms with Gasteiger partial charge in [-0.25, -0.2) is 0 Å². The molecule has 0 heterocycles. The van der Waals surface area contributed by atoms with E-state index in [0.717, 1.165) is 0 Å². The summed E-state index contributed by atoms with van der Waals surface area (Å²) in [5.41, 5.74) is 8.98. The van der Waals surface area contributed by atoms with Crippen LogP contribution in [0.25, 0.3) is 0 Å². The monoisotopic (exact) mass is 280 g/mol. The van der Waals surface area contributed by atoms with Crippen molar-refractivity contribution in [3.63, 3.8) is 0 Å². The van der Waals surface area contributed by atoms with Crippen LogP contribution in [-0.2, 0) is 19.8 Å². The summed E-state index contributed by atoms with van der Waals surface area (Å²) >= 11 is -1.65. The van der Waals surface area contributed by atoms with Crippen molar-refractivity contribution < 1.29 is 14.8 Å². The van der Waals surface area contributed by atoms with Crippen molar-refractivity contribution >= 4 is 17.0 Å².